The maximum absolute atomic E-state index is 6.40. The number of aryl methyl sites for hydroxylation is 1. The van der Waals surface area contributed by atoms with Crippen LogP contribution < -0.4 is 5.32 Å². The molecule has 2 heterocycles. The molecule has 0 bridgehead atoms. The summed E-state index contributed by atoms with van der Waals surface area (Å²) in [4.78, 5) is 1.27. The molecule has 0 spiro atoms. The van der Waals surface area contributed by atoms with Gasteiger partial charge in [0.1, 0.15) is 0 Å². The van der Waals surface area contributed by atoms with Gasteiger partial charge >= 0.3 is 0 Å². The molecule has 2 aromatic heterocycles. The lowest BCUT2D eigenvalue weighted by atomic mass is 10.1. The molecule has 18 heavy (non-hydrogen) atoms. The van der Waals surface area contributed by atoms with Crippen LogP contribution in [0, 0.1) is 6.92 Å². The molecule has 1 atom stereocenters. The molecule has 2 aromatic rings. The second-order valence-electron chi connectivity index (χ2n) is 4.44. The van der Waals surface area contributed by atoms with E-state index in [2.05, 4.69) is 41.4 Å². The number of halogens is 1. The summed E-state index contributed by atoms with van der Waals surface area (Å²) >= 11 is 9.91. The van der Waals surface area contributed by atoms with Crippen molar-refractivity contribution in [2.75, 3.05) is 6.54 Å². The number of hydrogen-bond donors (Lipinski definition) is 1. The molecule has 0 amide bonds. The summed E-state index contributed by atoms with van der Waals surface area (Å²) in [6, 6.07) is 2.53. The van der Waals surface area contributed by atoms with Gasteiger partial charge in [-0.3, -0.25) is 0 Å². The van der Waals surface area contributed by atoms with Crippen molar-refractivity contribution in [3.05, 3.63) is 43.2 Å². The second kappa shape index (κ2) is 6.71. The average Bonchev–Trinajstić information content (AvgIpc) is 2.97. The molecule has 4 heteroatoms. The largest absolute Gasteiger partial charge is 0.309 e. The number of nitrogens with one attached hydrogen (secondary N) is 1. The van der Waals surface area contributed by atoms with Crippen LogP contribution in [-0.2, 0) is 6.42 Å². The predicted molar refractivity (Wildman–Crippen MR) is 83.1 cm³/mol. The standard InChI is InChI=1S/C14H18ClNS2/c1-3-5-16-12(7-11-4-6-17-9-11)14-13(15)10(2)8-18-14/h4,6,8-9,12,16H,3,5,7H2,1-2H3. The van der Waals surface area contributed by atoms with Crippen LogP contribution in [0.1, 0.15) is 35.4 Å². The fraction of sp³-hybridized carbons (Fsp3) is 0.429. The van der Waals surface area contributed by atoms with E-state index in [0.717, 1.165) is 24.4 Å². The van der Waals surface area contributed by atoms with Gasteiger partial charge in [-0.2, -0.15) is 11.3 Å². The summed E-state index contributed by atoms with van der Waals surface area (Å²) < 4.78 is 0. The van der Waals surface area contributed by atoms with Crippen LogP contribution in [0.3, 0.4) is 0 Å². The Bertz CT molecular complexity index is 476. The topological polar surface area (TPSA) is 12.0 Å². The second-order valence-corrected chi connectivity index (χ2v) is 6.51. The zero-order valence-corrected chi connectivity index (χ0v) is 13.1. The van der Waals surface area contributed by atoms with Crippen molar-refractivity contribution >= 4 is 34.3 Å². The van der Waals surface area contributed by atoms with E-state index in [4.69, 9.17) is 11.6 Å². The highest BCUT2D eigenvalue weighted by molar-refractivity contribution is 7.10. The third-order valence-corrected chi connectivity index (χ3v) is 5.46. The van der Waals surface area contributed by atoms with Gasteiger partial charge in [0.05, 0.1) is 5.02 Å². The molecule has 0 radical (unpaired) electrons. The van der Waals surface area contributed by atoms with Crippen LogP contribution >= 0.6 is 34.3 Å². The van der Waals surface area contributed by atoms with E-state index >= 15 is 0 Å². The van der Waals surface area contributed by atoms with Crippen LogP contribution in [-0.4, -0.2) is 6.54 Å². The van der Waals surface area contributed by atoms with Crippen molar-refractivity contribution in [3.8, 4) is 0 Å². The first-order chi connectivity index (χ1) is 8.72. The molecule has 0 aliphatic carbocycles. The van der Waals surface area contributed by atoms with Crippen LogP contribution in [0.5, 0.6) is 0 Å². The summed E-state index contributed by atoms with van der Waals surface area (Å²) in [7, 11) is 0. The van der Waals surface area contributed by atoms with E-state index in [-0.39, 0.29) is 0 Å². The first-order valence-electron chi connectivity index (χ1n) is 6.20. The van der Waals surface area contributed by atoms with E-state index in [1.807, 2.05) is 0 Å². The molecule has 1 nitrogen and oxygen atoms in total. The van der Waals surface area contributed by atoms with Crippen LogP contribution in [0.15, 0.2) is 22.2 Å². The zero-order chi connectivity index (χ0) is 13.0. The minimum Gasteiger partial charge on any atom is -0.309 e. The Kier molecular flexibility index (Phi) is 5.25. The fourth-order valence-electron chi connectivity index (χ4n) is 1.91. The fourth-order valence-corrected chi connectivity index (χ4v) is 3.99. The smallest absolute Gasteiger partial charge is 0.0590 e. The minimum atomic E-state index is 0.339. The molecule has 0 aliphatic rings. The van der Waals surface area contributed by atoms with Gasteiger partial charge in [-0.05, 0) is 59.6 Å². The third kappa shape index (κ3) is 3.35. The summed E-state index contributed by atoms with van der Waals surface area (Å²) in [5, 5.41) is 11.0. The van der Waals surface area contributed by atoms with E-state index < -0.39 is 0 Å². The van der Waals surface area contributed by atoms with Gasteiger partial charge in [0, 0.05) is 10.9 Å². The molecule has 0 aromatic carbocycles. The lowest BCUT2D eigenvalue weighted by molar-refractivity contribution is 0.537. The maximum Gasteiger partial charge on any atom is 0.0590 e. The van der Waals surface area contributed by atoms with Gasteiger partial charge in [0.2, 0.25) is 0 Å². The molecular weight excluding hydrogens is 282 g/mol. The van der Waals surface area contributed by atoms with Gasteiger partial charge < -0.3 is 5.32 Å². The van der Waals surface area contributed by atoms with Crippen LogP contribution in [0.4, 0.5) is 0 Å². The van der Waals surface area contributed by atoms with E-state index in [1.165, 1.54) is 16.0 Å². The van der Waals surface area contributed by atoms with Crippen molar-refractivity contribution in [2.45, 2.75) is 32.7 Å². The Balaban J connectivity index is 2.16. The first-order valence-corrected chi connectivity index (χ1v) is 8.40. The Hall–Kier alpha value is -0.350. The molecule has 0 aliphatic heterocycles. The van der Waals surface area contributed by atoms with Crippen molar-refractivity contribution in [1.82, 2.24) is 5.32 Å². The maximum atomic E-state index is 6.40. The van der Waals surface area contributed by atoms with Gasteiger partial charge in [0.25, 0.3) is 0 Å². The van der Waals surface area contributed by atoms with Gasteiger partial charge in [0.15, 0.2) is 0 Å². The van der Waals surface area contributed by atoms with Gasteiger partial charge in [-0.25, -0.2) is 0 Å². The highest BCUT2D eigenvalue weighted by Gasteiger charge is 2.18. The monoisotopic (exact) mass is 299 g/mol. The Morgan fingerprint density at radius 1 is 1.39 bits per heavy atom. The van der Waals surface area contributed by atoms with Crippen LogP contribution in [0.2, 0.25) is 5.02 Å². The third-order valence-electron chi connectivity index (χ3n) is 2.90. The van der Waals surface area contributed by atoms with Gasteiger partial charge in [-0.15, -0.1) is 11.3 Å². The highest BCUT2D eigenvalue weighted by Crippen LogP contribution is 2.34. The van der Waals surface area contributed by atoms with Gasteiger partial charge in [-0.1, -0.05) is 18.5 Å². The zero-order valence-electron chi connectivity index (χ0n) is 10.7. The number of hydrogen-bond acceptors (Lipinski definition) is 3. The summed E-state index contributed by atoms with van der Waals surface area (Å²) in [5.41, 5.74) is 2.57. The molecule has 98 valence electrons. The normalized spacial score (nSPS) is 12.8. The summed E-state index contributed by atoms with van der Waals surface area (Å²) in [6.07, 6.45) is 2.16. The van der Waals surface area contributed by atoms with Crippen LogP contribution in [0.25, 0.3) is 0 Å². The average molecular weight is 300 g/mol. The molecule has 0 fully saturated rings. The summed E-state index contributed by atoms with van der Waals surface area (Å²) in [5.74, 6) is 0. The Morgan fingerprint density at radius 2 is 2.22 bits per heavy atom. The lowest BCUT2D eigenvalue weighted by Gasteiger charge is -2.17. The highest BCUT2D eigenvalue weighted by atomic mass is 35.5. The van der Waals surface area contributed by atoms with Crippen molar-refractivity contribution < 1.29 is 0 Å². The quantitative estimate of drug-likeness (QED) is 0.786. The Morgan fingerprint density at radius 3 is 2.78 bits per heavy atom. The van der Waals surface area contributed by atoms with Crippen molar-refractivity contribution in [1.29, 1.82) is 0 Å². The summed E-state index contributed by atoms with van der Waals surface area (Å²) in [6.45, 7) is 5.29. The molecule has 0 saturated carbocycles. The van der Waals surface area contributed by atoms with Crippen molar-refractivity contribution in [2.24, 2.45) is 0 Å². The molecule has 1 unspecified atom stereocenters. The molecular formula is C14H18ClNS2. The molecule has 2 rings (SSSR count). The van der Waals surface area contributed by atoms with E-state index in [9.17, 15) is 0 Å². The first kappa shape index (κ1) is 14.1. The van der Waals surface area contributed by atoms with E-state index in [1.54, 1.807) is 22.7 Å². The lowest BCUT2D eigenvalue weighted by Crippen LogP contribution is -2.23. The Labute approximate surface area is 122 Å². The number of rotatable bonds is 6. The minimum absolute atomic E-state index is 0.339. The number of thiophene rings is 2. The molecule has 1 N–H and O–H groups in total. The van der Waals surface area contributed by atoms with Crippen molar-refractivity contribution in [3.63, 3.8) is 0 Å². The van der Waals surface area contributed by atoms with E-state index in [0.29, 0.717) is 6.04 Å². The molecule has 0 saturated heterocycles. The SMILES string of the molecule is CCCNC(Cc1ccsc1)c1scc(C)c1Cl. The predicted octanol–water partition coefficient (Wildman–Crippen LogP) is 5.05.